The maximum atomic E-state index is 11.0. The van der Waals surface area contributed by atoms with E-state index in [-0.39, 0.29) is 12.0 Å². The van der Waals surface area contributed by atoms with E-state index in [1.54, 1.807) is 7.05 Å². The van der Waals surface area contributed by atoms with Crippen LogP contribution in [0.25, 0.3) is 0 Å². The SMILES string of the molecule is CNC(=O)C1CC(O)CCO1. The number of carbonyl (C=O) groups excluding carboxylic acids is 1. The highest BCUT2D eigenvalue weighted by Gasteiger charge is 2.25. The molecule has 0 bridgehead atoms. The van der Waals surface area contributed by atoms with Gasteiger partial charge in [-0.05, 0) is 6.42 Å². The van der Waals surface area contributed by atoms with E-state index in [0.29, 0.717) is 19.4 Å². The molecule has 1 aliphatic rings. The molecule has 2 unspecified atom stereocenters. The van der Waals surface area contributed by atoms with Gasteiger partial charge in [0.1, 0.15) is 6.10 Å². The molecule has 0 aliphatic carbocycles. The van der Waals surface area contributed by atoms with Gasteiger partial charge in [0.25, 0.3) is 0 Å². The molecule has 2 N–H and O–H groups in total. The van der Waals surface area contributed by atoms with E-state index >= 15 is 0 Å². The fourth-order valence-corrected chi connectivity index (χ4v) is 1.12. The number of amides is 1. The van der Waals surface area contributed by atoms with Crippen LogP contribution in [0.3, 0.4) is 0 Å². The molecule has 2 atom stereocenters. The van der Waals surface area contributed by atoms with Crippen LogP contribution in [0.2, 0.25) is 0 Å². The van der Waals surface area contributed by atoms with Gasteiger partial charge < -0.3 is 15.2 Å². The van der Waals surface area contributed by atoms with Crippen molar-refractivity contribution in [2.45, 2.75) is 25.0 Å². The third-order valence-electron chi connectivity index (χ3n) is 1.80. The van der Waals surface area contributed by atoms with Crippen LogP contribution in [-0.2, 0) is 9.53 Å². The van der Waals surface area contributed by atoms with Crippen LogP contribution < -0.4 is 5.32 Å². The first kappa shape index (κ1) is 8.49. The number of hydrogen-bond donors (Lipinski definition) is 2. The summed E-state index contributed by atoms with van der Waals surface area (Å²) < 4.78 is 5.13. The number of carbonyl (C=O) groups is 1. The van der Waals surface area contributed by atoms with Crippen LogP contribution in [0.15, 0.2) is 0 Å². The van der Waals surface area contributed by atoms with Crippen LogP contribution in [0.5, 0.6) is 0 Å². The molecule has 0 spiro atoms. The molecule has 1 saturated heterocycles. The zero-order valence-corrected chi connectivity index (χ0v) is 6.54. The quantitative estimate of drug-likeness (QED) is 0.530. The van der Waals surface area contributed by atoms with Crippen molar-refractivity contribution in [2.24, 2.45) is 0 Å². The highest BCUT2D eigenvalue weighted by molar-refractivity contribution is 5.80. The number of aliphatic hydroxyl groups excluding tert-OH is 1. The lowest BCUT2D eigenvalue weighted by atomic mass is 10.1. The number of ether oxygens (including phenoxy) is 1. The van der Waals surface area contributed by atoms with Crippen molar-refractivity contribution in [2.75, 3.05) is 13.7 Å². The standard InChI is InChI=1S/C7H13NO3/c1-8-7(10)6-4-5(9)2-3-11-6/h5-6,9H,2-4H2,1H3,(H,8,10). The average molecular weight is 159 g/mol. The van der Waals surface area contributed by atoms with Crippen molar-refractivity contribution < 1.29 is 14.6 Å². The molecule has 0 aromatic carbocycles. The lowest BCUT2D eigenvalue weighted by molar-refractivity contribution is -0.139. The normalized spacial score (nSPS) is 31.5. The highest BCUT2D eigenvalue weighted by atomic mass is 16.5. The molecule has 11 heavy (non-hydrogen) atoms. The Morgan fingerprint density at radius 2 is 2.45 bits per heavy atom. The summed E-state index contributed by atoms with van der Waals surface area (Å²) in [4.78, 5) is 11.0. The van der Waals surface area contributed by atoms with Gasteiger partial charge in [0, 0.05) is 13.5 Å². The van der Waals surface area contributed by atoms with Gasteiger partial charge >= 0.3 is 0 Å². The van der Waals surface area contributed by atoms with Crippen molar-refractivity contribution in [3.05, 3.63) is 0 Å². The zero-order chi connectivity index (χ0) is 8.27. The van der Waals surface area contributed by atoms with Crippen molar-refractivity contribution in [1.82, 2.24) is 5.32 Å². The number of rotatable bonds is 1. The van der Waals surface area contributed by atoms with Gasteiger partial charge in [0.15, 0.2) is 0 Å². The molecule has 0 radical (unpaired) electrons. The molecule has 1 amide bonds. The van der Waals surface area contributed by atoms with E-state index in [1.165, 1.54) is 0 Å². The van der Waals surface area contributed by atoms with E-state index in [0.717, 1.165) is 0 Å². The van der Waals surface area contributed by atoms with Gasteiger partial charge in [-0.15, -0.1) is 0 Å². The molecule has 0 saturated carbocycles. The van der Waals surface area contributed by atoms with E-state index < -0.39 is 6.10 Å². The Hall–Kier alpha value is -0.610. The molecule has 1 rings (SSSR count). The first-order valence-corrected chi connectivity index (χ1v) is 3.75. The van der Waals surface area contributed by atoms with Crippen molar-refractivity contribution in [1.29, 1.82) is 0 Å². The van der Waals surface area contributed by atoms with Crippen LogP contribution >= 0.6 is 0 Å². The fourth-order valence-electron chi connectivity index (χ4n) is 1.12. The van der Waals surface area contributed by atoms with Gasteiger partial charge in [0.05, 0.1) is 12.7 Å². The van der Waals surface area contributed by atoms with Gasteiger partial charge in [0.2, 0.25) is 5.91 Å². The Morgan fingerprint density at radius 1 is 1.73 bits per heavy atom. The summed E-state index contributed by atoms with van der Waals surface area (Å²) in [5.74, 6) is -0.149. The predicted octanol–water partition coefficient (Wildman–Crippen LogP) is -0.728. The Labute approximate surface area is 65.5 Å². The monoisotopic (exact) mass is 159 g/mol. The smallest absolute Gasteiger partial charge is 0.248 e. The Bertz CT molecular complexity index is 149. The van der Waals surface area contributed by atoms with Crippen LogP contribution in [0.4, 0.5) is 0 Å². The highest BCUT2D eigenvalue weighted by Crippen LogP contribution is 2.13. The molecule has 1 aliphatic heterocycles. The van der Waals surface area contributed by atoms with Crippen LogP contribution in [0, 0.1) is 0 Å². The summed E-state index contributed by atoms with van der Waals surface area (Å²) in [6, 6.07) is 0. The van der Waals surface area contributed by atoms with Gasteiger partial charge in [-0.1, -0.05) is 0 Å². The van der Waals surface area contributed by atoms with E-state index in [2.05, 4.69) is 5.32 Å². The Balaban J connectivity index is 2.39. The minimum Gasteiger partial charge on any atom is -0.393 e. The van der Waals surface area contributed by atoms with E-state index in [1.807, 2.05) is 0 Å². The molecular formula is C7H13NO3. The van der Waals surface area contributed by atoms with Gasteiger partial charge in [-0.3, -0.25) is 4.79 Å². The summed E-state index contributed by atoms with van der Waals surface area (Å²) >= 11 is 0. The topological polar surface area (TPSA) is 58.6 Å². The first-order chi connectivity index (χ1) is 5.24. The maximum Gasteiger partial charge on any atom is 0.248 e. The summed E-state index contributed by atoms with van der Waals surface area (Å²) in [5, 5.41) is 11.6. The Kier molecular flexibility index (Phi) is 2.84. The summed E-state index contributed by atoms with van der Waals surface area (Å²) in [5.41, 5.74) is 0. The second-order valence-electron chi connectivity index (χ2n) is 2.65. The Morgan fingerprint density at radius 3 is 3.00 bits per heavy atom. The number of aliphatic hydroxyl groups is 1. The molecule has 0 aromatic rings. The average Bonchev–Trinajstić information content (AvgIpc) is 2.03. The minimum absolute atomic E-state index is 0.149. The second-order valence-corrected chi connectivity index (χ2v) is 2.65. The summed E-state index contributed by atoms with van der Waals surface area (Å²) in [7, 11) is 1.56. The third-order valence-corrected chi connectivity index (χ3v) is 1.80. The number of hydrogen-bond acceptors (Lipinski definition) is 3. The molecule has 4 heteroatoms. The minimum atomic E-state index is -0.455. The summed E-state index contributed by atoms with van der Waals surface area (Å²) in [6.07, 6.45) is 0.211. The van der Waals surface area contributed by atoms with Crippen LogP contribution in [-0.4, -0.2) is 36.9 Å². The maximum absolute atomic E-state index is 11.0. The van der Waals surface area contributed by atoms with E-state index in [9.17, 15) is 4.79 Å². The zero-order valence-electron chi connectivity index (χ0n) is 6.54. The second kappa shape index (κ2) is 3.69. The lowest BCUT2D eigenvalue weighted by Gasteiger charge is -2.24. The van der Waals surface area contributed by atoms with E-state index in [4.69, 9.17) is 9.84 Å². The molecule has 64 valence electrons. The first-order valence-electron chi connectivity index (χ1n) is 3.75. The molecule has 4 nitrogen and oxygen atoms in total. The number of nitrogens with one attached hydrogen (secondary N) is 1. The molecule has 1 heterocycles. The summed E-state index contributed by atoms with van der Waals surface area (Å²) in [6.45, 7) is 0.471. The lowest BCUT2D eigenvalue weighted by Crippen LogP contribution is -2.40. The molecule has 1 fully saturated rings. The predicted molar refractivity (Wildman–Crippen MR) is 39.0 cm³/mol. The largest absolute Gasteiger partial charge is 0.393 e. The van der Waals surface area contributed by atoms with Crippen molar-refractivity contribution in [3.63, 3.8) is 0 Å². The number of likely N-dealkylation sites (N-methyl/N-ethyl adjacent to an activating group) is 1. The molecular weight excluding hydrogens is 146 g/mol. The fraction of sp³-hybridized carbons (Fsp3) is 0.857. The molecule has 0 aromatic heterocycles. The third kappa shape index (κ3) is 2.17. The van der Waals surface area contributed by atoms with Crippen molar-refractivity contribution in [3.8, 4) is 0 Å². The van der Waals surface area contributed by atoms with Crippen LogP contribution in [0.1, 0.15) is 12.8 Å². The van der Waals surface area contributed by atoms with Crippen molar-refractivity contribution >= 4 is 5.91 Å². The van der Waals surface area contributed by atoms with Gasteiger partial charge in [-0.2, -0.15) is 0 Å². The van der Waals surface area contributed by atoms with Gasteiger partial charge in [-0.25, -0.2) is 0 Å².